The van der Waals surface area contributed by atoms with Gasteiger partial charge in [0.05, 0.1) is 11.7 Å². The number of rotatable bonds is 5. The van der Waals surface area contributed by atoms with Crippen molar-refractivity contribution in [1.29, 1.82) is 0 Å². The summed E-state index contributed by atoms with van der Waals surface area (Å²) in [5.74, 6) is 0.820. The summed E-state index contributed by atoms with van der Waals surface area (Å²) < 4.78 is 23.1. The van der Waals surface area contributed by atoms with Gasteiger partial charge in [-0.25, -0.2) is 8.42 Å². The zero-order valence-corrected chi connectivity index (χ0v) is 13.7. The van der Waals surface area contributed by atoms with Gasteiger partial charge < -0.3 is 11.1 Å². The molecule has 0 aromatic rings. The van der Waals surface area contributed by atoms with E-state index in [1.807, 2.05) is 0 Å². The first-order valence-electron chi connectivity index (χ1n) is 7.10. The van der Waals surface area contributed by atoms with Crippen molar-refractivity contribution in [2.75, 3.05) is 11.5 Å². The highest BCUT2D eigenvalue weighted by Gasteiger charge is 2.49. The molecular weight excluding hydrogens is 300 g/mol. The van der Waals surface area contributed by atoms with Crippen molar-refractivity contribution in [3.8, 4) is 0 Å². The minimum atomic E-state index is -3.06. The van der Waals surface area contributed by atoms with Gasteiger partial charge in [-0.3, -0.25) is 4.79 Å². The Kier molecular flexibility index (Phi) is 5.87. The second-order valence-corrected chi connectivity index (χ2v) is 8.44. The van der Waals surface area contributed by atoms with E-state index in [1.165, 1.54) is 0 Å². The third-order valence-electron chi connectivity index (χ3n) is 4.62. The average Bonchev–Trinajstić information content (AvgIpc) is 2.88. The van der Waals surface area contributed by atoms with Crippen molar-refractivity contribution in [2.45, 2.75) is 45.2 Å². The number of amides is 1. The summed E-state index contributed by atoms with van der Waals surface area (Å²) in [5.41, 5.74) is 6.12. The molecule has 5 nitrogen and oxygen atoms in total. The fraction of sp³-hybridized carbons (Fsp3) is 0.923. The number of nitrogens with two attached hydrogens (primary N) is 1. The Morgan fingerprint density at radius 3 is 2.45 bits per heavy atom. The van der Waals surface area contributed by atoms with Crippen LogP contribution in [0.1, 0.15) is 33.1 Å². The molecule has 2 aliphatic carbocycles. The van der Waals surface area contributed by atoms with E-state index in [4.69, 9.17) is 5.73 Å². The smallest absolute Gasteiger partial charge is 0.225 e. The Hall–Kier alpha value is -0.330. The summed E-state index contributed by atoms with van der Waals surface area (Å²) in [6.45, 7) is 3.36. The number of sulfone groups is 1. The number of fused-ring (bicyclic) bond motifs is 2. The van der Waals surface area contributed by atoms with Crippen molar-refractivity contribution in [1.82, 2.24) is 5.32 Å². The van der Waals surface area contributed by atoms with Gasteiger partial charge >= 0.3 is 0 Å². The molecule has 0 aromatic heterocycles. The van der Waals surface area contributed by atoms with E-state index in [2.05, 4.69) is 5.32 Å². The quantitative estimate of drug-likeness (QED) is 0.780. The Labute approximate surface area is 127 Å². The van der Waals surface area contributed by atoms with Crippen molar-refractivity contribution < 1.29 is 13.2 Å². The van der Waals surface area contributed by atoms with Crippen LogP contribution >= 0.6 is 12.4 Å². The molecule has 20 heavy (non-hydrogen) atoms. The molecule has 2 fully saturated rings. The Bertz CT molecular complexity index is 453. The van der Waals surface area contributed by atoms with Gasteiger partial charge in [-0.1, -0.05) is 6.92 Å². The van der Waals surface area contributed by atoms with Crippen LogP contribution in [0.2, 0.25) is 0 Å². The van der Waals surface area contributed by atoms with Gasteiger partial charge in [0, 0.05) is 17.8 Å². The standard InChI is InChI=1S/C13H24N2O3S.ClH/c1-3-19(17,18)7-8(2)15-13(16)11-9-4-5-10(6-9)12(11)14;/h8-12H,3-7,14H2,1-2H3,(H,15,16);1H. The minimum Gasteiger partial charge on any atom is -0.352 e. The first-order chi connectivity index (χ1) is 8.84. The van der Waals surface area contributed by atoms with E-state index in [1.54, 1.807) is 13.8 Å². The SMILES string of the molecule is CCS(=O)(=O)CC(C)NC(=O)C1C2CCC(C2)C1N.Cl. The van der Waals surface area contributed by atoms with Crippen molar-refractivity contribution in [2.24, 2.45) is 23.5 Å². The molecule has 2 bridgehead atoms. The highest BCUT2D eigenvalue weighted by molar-refractivity contribution is 7.91. The predicted octanol–water partition coefficient (Wildman–Crippen LogP) is 0.721. The van der Waals surface area contributed by atoms with Gasteiger partial charge in [0.2, 0.25) is 5.91 Å². The Balaban J connectivity index is 0.00000200. The van der Waals surface area contributed by atoms with Gasteiger partial charge in [0.15, 0.2) is 9.84 Å². The molecule has 0 spiro atoms. The maximum atomic E-state index is 12.2. The first-order valence-corrected chi connectivity index (χ1v) is 8.92. The lowest BCUT2D eigenvalue weighted by atomic mass is 9.84. The molecular formula is C13H25ClN2O3S. The van der Waals surface area contributed by atoms with Crippen LogP contribution in [0.5, 0.6) is 0 Å². The normalized spacial score (nSPS) is 33.5. The number of hydrogen-bond donors (Lipinski definition) is 2. The molecule has 2 aliphatic rings. The van der Waals surface area contributed by atoms with E-state index in [0.717, 1.165) is 19.3 Å². The van der Waals surface area contributed by atoms with E-state index in [9.17, 15) is 13.2 Å². The molecule has 0 aliphatic heterocycles. The topological polar surface area (TPSA) is 89.3 Å². The molecule has 0 saturated heterocycles. The van der Waals surface area contributed by atoms with Crippen LogP contribution in [-0.4, -0.2) is 37.9 Å². The van der Waals surface area contributed by atoms with E-state index in [0.29, 0.717) is 11.8 Å². The van der Waals surface area contributed by atoms with Gasteiger partial charge in [-0.15, -0.1) is 12.4 Å². The monoisotopic (exact) mass is 324 g/mol. The third-order valence-corrected chi connectivity index (χ3v) is 6.50. The molecule has 2 rings (SSSR count). The summed E-state index contributed by atoms with van der Waals surface area (Å²) >= 11 is 0. The Morgan fingerprint density at radius 1 is 1.35 bits per heavy atom. The van der Waals surface area contributed by atoms with E-state index in [-0.39, 0.29) is 47.8 Å². The maximum absolute atomic E-state index is 12.2. The lowest BCUT2D eigenvalue weighted by Gasteiger charge is -2.28. The summed E-state index contributed by atoms with van der Waals surface area (Å²) in [5, 5.41) is 2.83. The van der Waals surface area contributed by atoms with E-state index < -0.39 is 9.84 Å². The molecule has 0 radical (unpaired) electrons. The maximum Gasteiger partial charge on any atom is 0.225 e. The summed E-state index contributed by atoms with van der Waals surface area (Å²) in [4.78, 5) is 12.2. The van der Waals surface area contributed by atoms with Crippen molar-refractivity contribution >= 4 is 28.2 Å². The molecule has 5 unspecified atom stereocenters. The van der Waals surface area contributed by atoms with E-state index >= 15 is 0 Å². The number of halogens is 1. The summed E-state index contributed by atoms with van der Waals surface area (Å²) in [6.07, 6.45) is 3.27. The van der Waals surface area contributed by atoms with Crippen LogP contribution < -0.4 is 11.1 Å². The van der Waals surface area contributed by atoms with Crippen LogP contribution in [0.3, 0.4) is 0 Å². The predicted molar refractivity (Wildman–Crippen MR) is 81.5 cm³/mol. The zero-order chi connectivity index (χ0) is 14.2. The van der Waals surface area contributed by atoms with Crippen LogP contribution in [0.4, 0.5) is 0 Å². The molecule has 1 amide bonds. The molecule has 5 atom stereocenters. The number of nitrogens with one attached hydrogen (secondary N) is 1. The van der Waals surface area contributed by atoms with Gasteiger partial charge in [0.1, 0.15) is 0 Å². The lowest BCUT2D eigenvalue weighted by Crippen LogP contribution is -2.48. The highest BCUT2D eigenvalue weighted by atomic mass is 35.5. The number of hydrogen-bond acceptors (Lipinski definition) is 4. The summed E-state index contributed by atoms with van der Waals surface area (Å²) in [6, 6.07) is -0.391. The molecule has 7 heteroatoms. The van der Waals surface area contributed by atoms with Gasteiger partial charge in [-0.2, -0.15) is 0 Å². The Morgan fingerprint density at radius 2 is 1.95 bits per heavy atom. The van der Waals surface area contributed by atoms with Crippen LogP contribution in [0.15, 0.2) is 0 Å². The number of carbonyl (C=O) groups excluding carboxylic acids is 1. The summed E-state index contributed by atoms with van der Waals surface area (Å²) in [7, 11) is -3.06. The van der Waals surface area contributed by atoms with Gasteiger partial charge in [-0.05, 0) is 38.0 Å². The van der Waals surface area contributed by atoms with Gasteiger partial charge in [0.25, 0.3) is 0 Å². The van der Waals surface area contributed by atoms with Crippen molar-refractivity contribution in [3.63, 3.8) is 0 Å². The third kappa shape index (κ3) is 3.65. The molecule has 118 valence electrons. The second-order valence-electron chi connectivity index (χ2n) is 6.04. The zero-order valence-electron chi connectivity index (χ0n) is 12.0. The average molecular weight is 325 g/mol. The van der Waals surface area contributed by atoms with Crippen molar-refractivity contribution in [3.05, 3.63) is 0 Å². The largest absolute Gasteiger partial charge is 0.352 e. The number of carbonyl (C=O) groups is 1. The highest BCUT2D eigenvalue weighted by Crippen LogP contribution is 2.47. The molecule has 0 aromatic carbocycles. The molecule has 0 heterocycles. The lowest BCUT2D eigenvalue weighted by molar-refractivity contribution is -0.127. The molecule has 2 saturated carbocycles. The fourth-order valence-electron chi connectivity index (χ4n) is 3.60. The fourth-order valence-corrected chi connectivity index (χ4v) is 4.69. The molecule has 3 N–H and O–H groups in total. The van der Waals surface area contributed by atoms with Crippen LogP contribution in [0, 0.1) is 17.8 Å². The minimum absolute atomic E-state index is 0. The van der Waals surface area contributed by atoms with Crippen LogP contribution in [0.25, 0.3) is 0 Å². The first kappa shape index (κ1) is 17.7. The second kappa shape index (κ2) is 6.62. The van der Waals surface area contributed by atoms with Crippen LogP contribution in [-0.2, 0) is 14.6 Å².